The Kier molecular flexibility index (Phi) is 5.17. The zero-order chi connectivity index (χ0) is 13.5. The average molecular weight is 251 g/mol. The number of benzene rings is 1. The number of rotatable bonds is 6. The summed E-state index contributed by atoms with van der Waals surface area (Å²) in [7, 11) is 0. The molecule has 0 aliphatic carbocycles. The standard InChI is InChI=1S/C13H17NO4/c1-9(15)14-11(6-7-13(17)18)8-10-4-2-3-5-12(10)16/h2-5,11,16H,6-8H2,1H3,(H,14,15)(H,17,18). The zero-order valence-corrected chi connectivity index (χ0v) is 10.2. The fourth-order valence-electron chi connectivity index (χ4n) is 1.76. The second-order valence-corrected chi connectivity index (χ2v) is 4.16. The molecule has 1 aromatic rings. The summed E-state index contributed by atoms with van der Waals surface area (Å²) in [6.45, 7) is 1.39. The van der Waals surface area contributed by atoms with E-state index in [-0.39, 0.29) is 24.1 Å². The van der Waals surface area contributed by atoms with Crippen LogP contribution in [-0.4, -0.2) is 28.1 Å². The molecule has 5 nitrogen and oxygen atoms in total. The number of phenols is 1. The number of para-hydroxylation sites is 1. The lowest BCUT2D eigenvalue weighted by molar-refractivity contribution is -0.137. The van der Waals surface area contributed by atoms with Gasteiger partial charge in [-0.2, -0.15) is 0 Å². The Hall–Kier alpha value is -2.04. The van der Waals surface area contributed by atoms with Crippen molar-refractivity contribution in [3.63, 3.8) is 0 Å². The van der Waals surface area contributed by atoms with Crippen LogP contribution in [0.2, 0.25) is 0 Å². The first-order valence-electron chi connectivity index (χ1n) is 5.75. The van der Waals surface area contributed by atoms with Gasteiger partial charge in [0.1, 0.15) is 5.75 Å². The highest BCUT2D eigenvalue weighted by molar-refractivity contribution is 5.73. The largest absolute Gasteiger partial charge is 0.508 e. The number of carboxylic acids is 1. The van der Waals surface area contributed by atoms with Gasteiger partial charge in [-0.3, -0.25) is 9.59 Å². The molecule has 1 atom stereocenters. The second kappa shape index (κ2) is 6.64. The highest BCUT2D eigenvalue weighted by Gasteiger charge is 2.14. The van der Waals surface area contributed by atoms with Crippen LogP contribution in [0.3, 0.4) is 0 Å². The number of carbonyl (C=O) groups excluding carboxylic acids is 1. The second-order valence-electron chi connectivity index (χ2n) is 4.16. The van der Waals surface area contributed by atoms with E-state index in [4.69, 9.17) is 5.11 Å². The Morgan fingerprint density at radius 2 is 2.00 bits per heavy atom. The Balaban J connectivity index is 2.68. The van der Waals surface area contributed by atoms with Crippen LogP contribution >= 0.6 is 0 Å². The van der Waals surface area contributed by atoms with E-state index in [1.807, 2.05) is 0 Å². The van der Waals surface area contributed by atoms with Crippen LogP contribution in [0.15, 0.2) is 24.3 Å². The van der Waals surface area contributed by atoms with E-state index in [1.54, 1.807) is 24.3 Å². The molecule has 0 aliphatic rings. The first-order valence-corrected chi connectivity index (χ1v) is 5.75. The van der Waals surface area contributed by atoms with Gasteiger partial charge in [-0.1, -0.05) is 18.2 Å². The molecule has 0 heterocycles. The van der Waals surface area contributed by atoms with Gasteiger partial charge in [0.05, 0.1) is 0 Å². The molecule has 0 spiro atoms. The van der Waals surface area contributed by atoms with Gasteiger partial charge in [0.15, 0.2) is 0 Å². The molecule has 1 rings (SSSR count). The van der Waals surface area contributed by atoms with Gasteiger partial charge in [0, 0.05) is 19.4 Å². The summed E-state index contributed by atoms with van der Waals surface area (Å²) in [6.07, 6.45) is 0.737. The summed E-state index contributed by atoms with van der Waals surface area (Å²) < 4.78 is 0. The Bertz CT molecular complexity index is 431. The molecule has 1 aromatic carbocycles. The molecule has 18 heavy (non-hydrogen) atoms. The lowest BCUT2D eigenvalue weighted by Gasteiger charge is -2.17. The number of aliphatic carboxylic acids is 1. The Morgan fingerprint density at radius 3 is 2.56 bits per heavy atom. The average Bonchev–Trinajstić information content (AvgIpc) is 2.28. The first kappa shape index (κ1) is 14.0. The zero-order valence-electron chi connectivity index (χ0n) is 10.2. The molecular formula is C13H17NO4. The SMILES string of the molecule is CC(=O)NC(CCC(=O)O)Cc1ccccc1O. The molecule has 0 fully saturated rings. The van der Waals surface area contributed by atoms with Gasteiger partial charge >= 0.3 is 5.97 Å². The quantitative estimate of drug-likeness (QED) is 0.711. The predicted octanol–water partition coefficient (Wildman–Crippen LogP) is 1.30. The Morgan fingerprint density at radius 1 is 1.33 bits per heavy atom. The van der Waals surface area contributed by atoms with Crippen molar-refractivity contribution in [3.8, 4) is 5.75 Å². The maximum atomic E-state index is 11.1. The van der Waals surface area contributed by atoms with Gasteiger partial charge in [0.25, 0.3) is 0 Å². The molecule has 0 aliphatic heterocycles. The molecule has 0 saturated heterocycles. The van der Waals surface area contributed by atoms with Crippen molar-refractivity contribution in [1.29, 1.82) is 0 Å². The number of aromatic hydroxyl groups is 1. The number of hydrogen-bond donors (Lipinski definition) is 3. The predicted molar refractivity (Wildman–Crippen MR) is 66.3 cm³/mol. The number of nitrogens with one attached hydrogen (secondary N) is 1. The normalized spacial score (nSPS) is 11.8. The van der Waals surface area contributed by atoms with E-state index in [1.165, 1.54) is 6.92 Å². The summed E-state index contributed by atoms with van der Waals surface area (Å²) in [4.78, 5) is 21.6. The van der Waals surface area contributed by atoms with Crippen molar-refractivity contribution in [3.05, 3.63) is 29.8 Å². The van der Waals surface area contributed by atoms with E-state index >= 15 is 0 Å². The maximum Gasteiger partial charge on any atom is 0.303 e. The van der Waals surface area contributed by atoms with E-state index in [0.29, 0.717) is 18.4 Å². The summed E-state index contributed by atoms with van der Waals surface area (Å²) in [5.41, 5.74) is 0.696. The molecule has 3 N–H and O–H groups in total. The summed E-state index contributed by atoms with van der Waals surface area (Å²) in [5.74, 6) is -0.952. The molecule has 5 heteroatoms. The molecular weight excluding hydrogens is 234 g/mol. The number of amides is 1. The van der Waals surface area contributed by atoms with Crippen molar-refractivity contribution in [2.24, 2.45) is 0 Å². The molecule has 1 amide bonds. The van der Waals surface area contributed by atoms with Crippen LogP contribution in [0.4, 0.5) is 0 Å². The van der Waals surface area contributed by atoms with Crippen LogP contribution in [0.1, 0.15) is 25.3 Å². The number of hydrogen-bond acceptors (Lipinski definition) is 3. The van der Waals surface area contributed by atoms with E-state index in [0.717, 1.165) is 0 Å². The Labute approximate surface area is 105 Å². The minimum Gasteiger partial charge on any atom is -0.508 e. The number of phenolic OH excluding ortho intramolecular Hbond substituents is 1. The van der Waals surface area contributed by atoms with Crippen molar-refractivity contribution in [2.75, 3.05) is 0 Å². The molecule has 0 radical (unpaired) electrons. The number of carboxylic acid groups (broad SMARTS) is 1. The third-order valence-electron chi connectivity index (χ3n) is 2.57. The summed E-state index contributed by atoms with van der Waals surface area (Å²) >= 11 is 0. The monoisotopic (exact) mass is 251 g/mol. The van der Waals surface area contributed by atoms with Crippen LogP contribution in [0, 0.1) is 0 Å². The third kappa shape index (κ3) is 4.86. The van der Waals surface area contributed by atoms with Crippen LogP contribution in [0.5, 0.6) is 5.75 Å². The fourth-order valence-corrected chi connectivity index (χ4v) is 1.76. The van der Waals surface area contributed by atoms with Gasteiger partial charge < -0.3 is 15.5 Å². The first-order chi connectivity index (χ1) is 8.49. The highest BCUT2D eigenvalue weighted by Crippen LogP contribution is 2.18. The van der Waals surface area contributed by atoms with Crippen LogP contribution in [0.25, 0.3) is 0 Å². The molecule has 0 saturated carbocycles. The topological polar surface area (TPSA) is 86.6 Å². The minimum absolute atomic E-state index is 0.0153. The maximum absolute atomic E-state index is 11.1. The van der Waals surface area contributed by atoms with Gasteiger partial charge in [0.2, 0.25) is 5.91 Å². The smallest absolute Gasteiger partial charge is 0.303 e. The summed E-state index contributed by atoms with van der Waals surface area (Å²) in [6, 6.07) is 6.54. The molecule has 98 valence electrons. The van der Waals surface area contributed by atoms with E-state index in [2.05, 4.69) is 5.32 Å². The minimum atomic E-state index is -0.900. The number of carbonyl (C=O) groups is 2. The molecule has 0 aromatic heterocycles. The summed E-state index contributed by atoms with van der Waals surface area (Å²) in [5, 5.41) is 21.0. The van der Waals surface area contributed by atoms with Gasteiger partial charge in [-0.25, -0.2) is 0 Å². The van der Waals surface area contributed by atoms with Crippen molar-refractivity contribution >= 4 is 11.9 Å². The van der Waals surface area contributed by atoms with Crippen LogP contribution < -0.4 is 5.32 Å². The lowest BCUT2D eigenvalue weighted by atomic mass is 10.0. The lowest BCUT2D eigenvalue weighted by Crippen LogP contribution is -2.35. The van der Waals surface area contributed by atoms with Crippen molar-refractivity contribution in [1.82, 2.24) is 5.32 Å². The third-order valence-corrected chi connectivity index (χ3v) is 2.57. The highest BCUT2D eigenvalue weighted by atomic mass is 16.4. The van der Waals surface area contributed by atoms with Crippen molar-refractivity contribution in [2.45, 2.75) is 32.2 Å². The van der Waals surface area contributed by atoms with Gasteiger partial charge in [-0.15, -0.1) is 0 Å². The fraction of sp³-hybridized carbons (Fsp3) is 0.385. The van der Waals surface area contributed by atoms with Crippen molar-refractivity contribution < 1.29 is 19.8 Å². The molecule has 1 unspecified atom stereocenters. The van der Waals surface area contributed by atoms with Crippen LogP contribution in [-0.2, 0) is 16.0 Å². The van der Waals surface area contributed by atoms with Gasteiger partial charge in [-0.05, 0) is 24.5 Å². The van der Waals surface area contributed by atoms with E-state index in [9.17, 15) is 14.7 Å². The molecule has 0 bridgehead atoms. The van der Waals surface area contributed by atoms with E-state index < -0.39 is 5.97 Å².